The van der Waals surface area contributed by atoms with Gasteiger partial charge in [-0.25, -0.2) is 18.4 Å². The van der Waals surface area contributed by atoms with Crippen LogP contribution >= 0.6 is 11.3 Å². The molecular formula is C22H27N3O3S2. The summed E-state index contributed by atoms with van der Waals surface area (Å²) in [6, 6.07) is 10.2. The predicted octanol–water partition coefficient (Wildman–Crippen LogP) is 4.30. The molecular weight excluding hydrogens is 418 g/mol. The number of sulfone groups is 1. The van der Waals surface area contributed by atoms with Gasteiger partial charge < -0.3 is 9.64 Å². The highest BCUT2D eigenvalue weighted by Gasteiger charge is 2.46. The Hall–Kier alpha value is -2.03. The number of methoxy groups -OCH3 is 1. The van der Waals surface area contributed by atoms with Crippen LogP contribution in [0.15, 0.2) is 35.7 Å². The van der Waals surface area contributed by atoms with Gasteiger partial charge in [-0.05, 0) is 18.4 Å². The predicted molar refractivity (Wildman–Crippen MR) is 123 cm³/mol. The summed E-state index contributed by atoms with van der Waals surface area (Å²) in [7, 11) is -1.53. The molecule has 160 valence electrons. The average Bonchev–Trinajstić information content (AvgIpc) is 3.18. The van der Waals surface area contributed by atoms with Crippen molar-refractivity contribution in [2.75, 3.05) is 30.9 Å². The van der Waals surface area contributed by atoms with Crippen LogP contribution in [0, 0.1) is 0 Å². The van der Waals surface area contributed by atoms with Crippen molar-refractivity contribution in [3.05, 3.63) is 41.5 Å². The van der Waals surface area contributed by atoms with E-state index in [0.717, 1.165) is 27.2 Å². The first-order valence-corrected chi connectivity index (χ1v) is 12.8. The van der Waals surface area contributed by atoms with E-state index < -0.39 is 14.6 Å². The normalized spacial score (nSPS) is 18.0. The van der Waals surface area contributed by atoms with Crippen LogP contribution in [-0.2, 0) is 21.2 Å². The van der Waals surface area contributed by atoms with Crippen LogP contribution in [0.3, 0.4) is 0 Å². The average molecular weight is 446 g/mol. The van der Waals surface area contributed by atoms with Crippen LogP contribution < -0.4 is 4.90 Å². The van der Waals surface area contributed by atoms with Crippen LogP contribution in [0.4, 0.5) is 5.82 Å². The second-order valence-corrected chi connectivity index (χ2v) is 11.1. The van der Waals surface area contributed by atoms with E-state index in [4.69, 9.17) is 14.7 Å². The lowest BCUT2D eigenvalue weighted by Crippen LogP contribution is -2.56. The van der Waals surface area contributed by atoms with Gasteiger partial charge in [0, 0.05) is 31.1 Å². The van der Waals surface area contributed by atoms with E-state index in [1.807, 2.05) is 32.0 Å². The maximum absolute atomic E-state index is 12.9. The van der Waals surface area contributed by atoms with Gasteiger partial charge in [0.1, 0.15) is 17.3 Å². The Morgan fingerprint density at radius 2 is 1.90 bits per heavy atom. The number of nitrogens with zero attached hydrogens (tertiary/aromatic N) is 3. The molecule has 0 saturated carbocycles. The van der Waals surface area contributed by atoms with Crippen LogP contribution in [0.1, 0.15) is 32.5 Å². The summed E-state index contributed by atoms with van der Waals surface area (Å²) in [5.74, 6) is 1.58. The summed E-state index contributed by atoms with van der Waals surface area (Å²) in [5, 5.41) is 3.11. The highest BCUT2D eigenvalue weighted by molar-refractivity contribution is 7.92. The molecule has 8 heteroatoms. The van der Waals surface area contributed by atoms with Gasteiger partial charge in [-0.2, -0.15) is 0 Å². The lowest BCUT2D eigenvalue weighted by molar-refractivity contribution is 0.178. The van der Waals surface area contributed by atoms with Crippen molar-refractivity contribution in [2.24, 2.45) is 0 Å². The van der Waals surface area contributed by atoms with E-state index >= 15 is 0 Å². The van der Waals surface area contributed by atoms with Crippen molar-refractivity contribution in [2.45, 2.75) is 38.0 Å². The number of ether oxygens (including phenoxy) is 1. The van der Waals surface area contributed by atoms with Crippen molar-refractivity contribution >= 4 is 37.2 Å². The zero-order chi connectivity index (χ0) is 21.4. The topological polar surface area (TPSA) is 72.4 Å². The summed E-state index contributed by atoms with van der Waals surface area (Å²) < 4.78 is 30.4. The van der Waals surface area contributed by atoms with Gasteiger partial charge in [-0.15, -0.1) is 11.3 Å². The molecule has 2 aromatic heterocycles. The van der Waals surface area contributed by atoms with Gasteiger partial charge in [-0.1, -0.05) is 44.2 Å². The maximum Gasteiger partial charge on any atom is 0.159 e. The molecule has 6 nitrogen and oxygen atoms in total. The monoisotopic (exact) mass is 445 g/mol. The standard InChI is InChI=1S/C22H27N3O3S2/c1-4-22(5-2)15-25(11-12-30(22,26)27)20-19-17(16-9-7-6-8-10-16)14-29-21(19)24-18(23-20)13-28-3/h6-10,14H,4-5,11-13,15H2,1-3H3. The van der Waals surface area contributed by atoms with E-state index in [2.05, 4.69) is 22.4 Å². The number of hydrogen-bond donors (Lipinski definition) is 0. The largest absolute Gasteiger partial charge is 0.377 e. The minimum atomic E-state index is -3.16. The number of fused-ring (bicyclic) bond motifs is 1. The van der Waals surface area contributed by atoms with Gasteiger partial charge in [-0.3, -0.25) is 0 Å². The molecule has 4 rings (SSSR count). The van der Waals surface area contributed by atoms with Crippen LogP contribution in [-0.4, -0.2) is 49.1 Å². The zero-order valence-corrected chi connectivity index (χ0v) is 19.2. The summed E-state index contributed by atoms with van der Waals surface area (Å²) >= 11 is 1.59. The van der Waals surface area contributed by atoms with Crippen molar-refractivity contribution in [3.8, 4) is 11.1 Å². The van der Waals surface area contributed by atoms with E-state index in [0.29, 0.717) is 38.4 Å². The van der Waals surface area contributed by atoms with Gasteiger partial charge in [0.15, 0.2) is 15.7 Å². The van der Waals surface area contributed by atoms with Gasteiger partial charge in [0.05, 0.1) is 15.9 Å². The molecule has 30 heavy (non-hydrogen) atoms. The van der Waals surface area contributed by atoms with Crippen LogP contribution in [0.5, 0.6) is 0 Å². The van der Waals surface area contributed by atoms with E-state index in [9.17, 15) is 8.42 Å². The van der Waals surface area contributed by atoms with Gasteiger partial charge in [0.25, 0.3) is 0 Å². The second kappa shape index (κ2) is 8.24. The third-order valence-corrected chi connectivity index (χ3v) is 9.79. The first-order valence-electron chi connectivity index (χ1n) is 10.2. The molecule has 0 amide bonds. The highest BCUT2D eigenvalue weighted by Crippen LogP contribution is 2.41. The van der Waals surface area contributed by atoms with Crippen molar-refractivity contribution in [1.29, 1.82) is 0 Å². The molecule has 0 radical (unpaired) electrons. The number of rotatable bonds is 6. The summed E-state index contributed by atoms with van der Waals surface area (Å²) in [4.78, 5) is 12.6. The van der Waals surface area contributed by atoms with Crippen molar-refractivity contribution in [1.82, 2.24) is 9.97 Å². The fourth-order valence-electron chi connectivity index (χ4n) is 4.29. The third kappa shape index (κ3) is 3.50. The lowest BCUT2D eigenvalue weighted by atomic mass is 10.0. The molecule has 0 unspecified atom stereocenters. The summed E-state index contributed by atoms with van der Waals surface area (Å²) in [6.07, 6.45) is 1.19. The Bertz CT molecular complexity index is 1140. The SMILES string of the molecule is CCC1(CC)CN(c2nc(COC)nc3scc(-c4ccccc4)c23)CCS1(=O)=O. The number of hydrogen-bond acceptors (Lipinski definition) is 7. The molecule has 1 fully saturated rings. The fourth-order valence-corrected chi connectivity index (χ4v) is 7.37. The molecule has 0 bridgehead atoms. The van der Waals surface area contributed by atoms with Crippen molar-refractivity contribution in [3.63, 3.8) is 0 Å². The second-order valence-electron chi connectivity index (χ2n) is 7.72. The van der Waals surface area contributed by atoms with E-state index in [-0.39, 0.29) is 5.75 Å². The van der Waals surface area contributed by atoms with E-state index in [1.54, 1.807) is 18.4 Å². The minimum absolute atomic E-state index is 0.143. The van der Waals surface area contributed by atoms with Gasteiger partial charge in [0.2, 0.25) is 0 Å². The lowest BCUT2D eigenvalue weighted by Gasteiger charge is -2.42. The molecule has 3 heterocycles. The number of anilines is 1. The van der Waals surface area contributed by atoms with Crippen LogP contribution in [0.2, 0.25) is 0 Å². The minimum Gasteiger partial charge on any atom is -0.377 e. The Balaban J connectivity index is 1.89. The zero-order valence-electron chi connectivity index (χ0n) is 17.6. The van der Waals surface area contributed by atoms with Gasteiger partial charge >= 0.3 is 0 Å². The fraction of sp³-hybridized carbons (Fsp3) is 0.455. The number of thiophene rings is 1. The molecule has 0 N–H and O–H groups in total. The number of aromatic nitrogens is 2. The van der Waals surface area contributed by atoms with E-state index in [1.165, 1.54) is 0 Å². The summed E-state index contributed by atoms with van der Waals surface area (Å²) in [5.41, 5.74) is 2.19. The maximum atomic E-state index is 12.9. The molecule has 1 saturated heterocycles. The first-order chi connectivity index (χ1) is 14.4. The molecule has 0 spiro atoms. The molecule has 1 aliphatic heterocycles. The molecule has 3 aromatic rings. The Morgan fingerprint density at radius 1 is 1.17 bits per heavy atom. The van der Waals surface area contributed by atoms with Crippen molar-refractivity contribution < 1.29 is 13.2 Å². The Morgan fingerprint density at radius 3 is 2.57 bits per heavy atom. The molecule has 1 aromatic carbocycles. The van der Waals surface area contributed by atoms with Crippen LogP contribution in [0.25, 0.3) is 21.3 Å². The first kappa shape index (κ1) is 21.2. The quantitative estimate of drug-likeness (QED) is 0.563. The number of benzene rings is 1. The third-order valence-electron chi connectivity index (χ3n) is 6.18. The smallest absolute Gasteiger partial charge is 0.159 e. The Labute approximate surface area is 181 Å². The summed E-state index contributed by atoms with van der Waals surface area (Å²) in [6.45, 7) is 5.14. The molecule has 1 aliphatic rings. The Kier molecular flexibility index (Phi) is 5.83. The molecule has 0 atom stereocenters. The molecule has 0 aliphatic carbocycles. The highest BCUT2D eigenvalue weighted by atomic mass is 32.2.